The van der Waals surface area contributed by atoms with Crippen LogP contribution >= 0.6 is 0 Å². The highest BCUT2D eigenvalue weighted by atomic mass is 32.2. The van der Waals surface area contributed by atoms with Crippen molar-refractivity contribution in [1.82, 2.24) is 8.61 Å². The van der Waals surface area contributed by atoms with E-state index in [1.807, 2.05) is 0 Å². The monoisotopic (exact) mass is 395 g/mol. The van der Waals surface area contributed by atoms with Crippen molar-refractivity contribution >= 4 is 21.8 Å². The molecule has 0 bridgehead atoms. The second kappa shape index (κ2) is 8.12. The van der Waals surface area contributed by atoms with Crippen LogP contribution in [0.25, 0.3) is 0 Å². The van der Waals surface area contributed by atoms with Crippen molar-refractivity contribution in [2.24, 2.45) is 0 Å². The van der Waals surface area contributed by atoms with Gasteiger partial charge in [0, 0.05) is 25.3 Å². The minimum atomic E-state index is -3.81. The van der Waals surface area contributed by atoms with E-state index in [1.54, 1.807) is 0 Å². The molecule has 0 aliphatic carbocycles. The Morgan fingerprint density at radius 1 is 0.926 bits per heavy atom. The van der Waals surface area contributed by atoms with Crippen LogP contribution in [-0.4, -0.2) is 42.6 Å². The van der Waals surface area contributed by atoms with Gasteiger partial charge in [0.15, 0.2) is 0 Å². The minimum Gasteiger partial charge on any atom is -0.325 e. The first-order chi connectivity index (χ1) is 12.8. The highest BCUT2D eigenvalue weighted by molar-refractivity contribution is 7.86. The van der Waals surface area contributed by atoms with Crippen LogP contribution in [0.1, 0.15) is 12.0 Å². The van der Waals surface area contributed by atoms with Gasteiger partial charge in [0.05, 0.1) is 6.54 Å². The zero-order valence-corrected chi connectivity index (χ0v) is 15.3. The molecule has 0 aromatic heterocycles. The fourth-order valence-electron chi connectivity index (χ4n) is 2.83. The molecule has 1 aliphatic rings. The first kappa shape index (κ1) is 19.4. The second-order valence-electron chi connectivity index (χ2n) is 6.21. The molecule has 0 atom stereocenters. The third-order valence-electron chi connectivity index (χ3n) is 4.19. The lowest BCUT2D eigenvalue weighted by Gasteiger charge is -2.34. The van der Waals surface area contributed by atoms with Gasteiger partial charge in [-0.25, -0.2) is 8.78 Å². The number of hydrogen-bond acceptors (Lipinski definition) is 3. The maximum absolute atomic E-state index is 13.0. The fourth-order valence-corrected chi connectivity index (χ4v) is 4.46. The molecule has 1 aliphatic heterocycles. The van der Waals surface area contributed by atoms with E-state index in [2.05, 4.69) is 5.32 Å². The summed E-state index contributed by atoms with van der Waals surface area (Å²) in [5.41, 5.74) is 1.05. The molecule has 2 aromatic carbocycles. The molecule has 6 nitrogen and oxygen atoms in total. The van der Waals surface area contributed by atoms with Gasteiger partial charge in [0.2, 0.25) is 5.91 Å². The number of carbonyl (C=O) groups excluding carboxylic acids is 1. The summed E-state index contributed by atoms with van der Waals surface area (Å²) in [7, 11) is -3.81. The Labute approximate surface area is 156 Å². The van der Waals surface area contributed by atoms with Crippen molar-refractivity contribution in [3.8, 4) is 0 Å². The first-order valence-electron chi connectivity index (χ1n) is 8.40. The van der Waals surface area contributed by atoms with Crippen LogP contribution in [0, 0.1) is 11.6 Å². The third kappa shape index (κ3) is 4.88. The van der Waals surface area contributed by atoms with Crippen LogP contribution in [0.2, 0.25) is 0 Å². The molecule has 3 rings (SSSR count). The van der Waals surface area contributed by atoms with Crippen molar-refractivity contribution in [3.63, 3.8) is 0 Å². The largest absolute Gasteiger partial charge is 0.325 e. The average molecular weight is 395 g/mol. The molecule has 1 amide bonds. The van der Waals surface area contributed by atoms with Gasteiger partial charge >= 0.3 is 0 Å². The molecule has 9 heteroatoms. The number of benzene rings is 2. The maximum Gasteiger partial charge on any atom is 0.282 e. The van der Waals surface area contributed by atoms with E-state index in [1.165, 1.54) is 52.8 Å². The molecular formula is C18H19F2N3O3S. The van der Waals surface area contributed by atoms with Crippen LogP contribution in [-0.2, 0) is 21.5 Å². The zero-order valence-electron chi connectivity index (χ0n) is 14.4. The number of rotatable bonds is 5. The predicted molar refractivity (Wildman–Crippen MR) is 96.9 cm³/mol. The molecule has 0 radical (unpaired) electrons. The van der Waals surface area contributed by atoms with Crippen molar-refractivity contribution in [2.45, 2.75) is 13.0 Å². The fraction of sp³-hybridized carbons (Fsp3) is 0.278. The zero-order chi connectivity index (χ0) is 19.4. The lowest BCUT2D eigenvalue weighted by atomic mass is 10.2. The highest BCUT2D eigenvalue weighted by Crippen LogP contribution is 2.19. The van der Waals surface area contributed by atoms with E-state index >= 15 is 0 Å². The van der Waals surface area contributed by atoms with Crippen molar-refractivity contribution in [1.29, 1.82) is 0 Å². The number of anilines is 1. The molecule has 1 heterocycles. The van der Waals surface area contributed by atoms with E-state index in [9.17, 15) is 22.0 Å². The highest BCUT2D eigenvalue weighted by Gasteiger charge is 2.34. The van der Waals surface area contributed by atoms with Crippen LogP contribution in [0.3, 0.4) is 0 Å². The van der Waals surface area contributed by atoms with Gasteiger partial charge in [-0.2, -0.15) is 17.0 Å². The summed E-state index contributed by atoms with van der Waals surface area (Å²) in [5, 5.41) is 2.55. The van der Waals surface area contributed by atoms with Crippen molar-refractivity contribution in [3.05, 3.63) is 65.7 Å². The molecule has 144 valence electrons. The Hall–Kier alpha value is -2.36. The number of nitrogens with zero attached hydrogens (tertiary/aromatic N) is 2. The number of nitrogens with one attached hydrogen (secondary N) is 1. The van der Waals surface area contributed by atoms with E-state index in [0.29, 0.717) is 24.2 Å². The lowest BCUT2D eigenvalue weighted by molar-refractivity contribution is -0.116. The first-order valence-corrected chi connectivity index (χ1v) is 9.79. The predicted octanol–water partition coefficient (Wildman–Crippen LogP) is 2.36. The number of carbonyl (C=O) groups is 1. The van der Waals surface area contributed by atoms with Gasteiger partial charge < -0.3 is 5.32 Å². The van der Waals surface area contributed by atoms with E-state index in [0.717, 1.165) is 4.31 Å². The smallest absolute Gasteiger partial charge is 0.282 e. The Bertz CT molecular complexity index is 902. The summed E-state index contributed by atoms with van der Waals surface area (Å²) in [6.45, 7) is 0.340. The normalized spacial score (nSPS) is 17.6. The lowest BCUT2D eigenvalue weighted by Crippen LogP contribution is -2.51. The molecule has 2 aromatic rings. The molecule has 0 spiro atoms. The molecule has 0 unspecified atom stereocenters. The number of amides is 1. The van der Waals surface area contributed by atoms with E-state index in [4.69, 9.17) is 0 Å². The molecule has 1 fully saturated rings. The maximum atomic E-state index is 13.0. The van der Waals surface area contributed by atoms with Crippen LogP contribution in [0.4, 0.5) is 14.5 Å². The SMILES string of the molecule is O=C(CN1CCCN(Cc2ccc(F)cc2)S1(=O)=O)Nc1ccc(F)cc1. The minimum absolute atomic E-state index is 0.110. The Morgan fingerprint density at radius 2 is 1.48 bits per heavy atom. The number of hydrogen-bond donors (Lipinski definition) is 1. The Kier molecular flexibility index (Phi) is 5.83. The molecule has 1 N–H and O–H groups in total. The van der Waals surface area contributed by atoms with Gasteiger partial charge in [-0.05, 0) is 48.4 Å². The van der Waals surface area contributed by atoms with Gasteiger partial charge in [-0.3, -0.25) is 4.79 Å². The molecule has 27 heavy (non-hydrogen) atoms. The second-order valence-corrected chi connectivity index (χ2v) is 8.14. The summed E-state index contributed by atoms with van der Waals surface area (Å²) in [6, 6.07) is 10.8. The van der Waals surface area contributed by atoms with Crippen LogP contribution in [0.5, 0.6) is 0 Å². The average Bonchev–Trinajstić information content (AvgIpc) is 2.62. The third-order valence-corrected chi connectivity index (χ3v) is 6.12. The standard InChI is InChI=1S/C18H19F2N3O3S/c19-15-4-2-14(3-5-15)12-22-10-1-11-23(27(22,25)26)13-18(24)21-17-8-6-16(20)7-9-17/h2-9H,1,10-13H2,(H,21,24). The Morgan fingerprint density at radius 3 is 2.11 bits per heavy atom. The van der Waals surface area contributed by atoms with Crippen molar-refractivity contribution in [2.75, 3.05) is 25.0 Å². The molecular weight excluding hydrogens is 376 g/mol. The van der Waals surface area contributed by atoms with Crippen LogP contribution in [0.15, 0.2) is 48.5 Å². The van der Waals surface area contributed by atoms with Crippen LogP contribution < -0.4 is 5.32 Å². The molecule has 0 saturated carbocycles. The Balaban J connectivity index is 1.65. The number of halogens is 2. The molecule has 1 saturated heterocycles. The van der Waals surface area contributed by atoms with Gasteiger partial charge in [0.1, 0.15) is 11.6 Å². The van der Waals surface area contributed by atoms with Gasteiger partial charge in [0.25, 0.3) is 10.2 Å². The quantitative estimate of drug-likeness (QED) is 0.845. The topological polar surface area (TPSA) is 69.7 Å². The van der Waals surface area contributed by atoms with Gasteiger partial charge in [-0.1, -0.05) is 12.1 Å². The van der Waals surface area contributed by atoms with Crippen molar-refractivity contribution < 1.29 is 22.0 Å². The summed E-state index contributed by atoms with van der Waals surface area (Å²) >= 11 is 0. The van der Waals surface area contributed by atoms with E-state index < -0.39 is 21.9 Å². The van der Waals surface area contributed by atoms with Gasteiger partial charge in [-0.15, -0.1) is 0 Å². The summed E-state index contributed by atoms with van der Waals surface area (Å²) in [4.78, 5) is 12.2. The van der Waals surface area contributed by atoms with E-state index in [-0.39, 0.29) is 25.5 Å². The summed E-state index contributed by atoms with van der Waals surface area (Å²) in [6.07, 6.45) is 0.574. The summed E-state index contributed by atoms with van der Waals surface area (Å²) in [5.74, 6) is -1.32. The summed E-state index contributed by atoms with van der Waals surface area (Å²) < 4.78 is 53.8.